The van der Waals surface area contributed by atoms with Crippen LogP contribution in [0.4, 0.5) is 10.1 Å². The number of imidazole rings is 1. The minimum Gasteiger partial charge on any atom is -0.381 e. The van der Waals surface area contributed by atoms with Gasteiger partial charge in [-0.2, -0.15) is 0 Å². The van der Waals surface area contributed by atoms with Crippen molar-refractivity contribution in [3.8, 4) is 11.4 Å². The molecule has 1 atom stereocenters. The summed E-state index contributed by atoms with van der Waals surface area (Å²) < 4.78 is 13.8. The molecule has 0 aliphatic carbocycles. The van der Waals surface area contributed by atoms with Crippen LogP contribution >= 0.6 is 0 Å². The summed E-state index contributed by atoms with van der Waals surface area (Å²) in [6, 6.07) is 8.82. The molecule has 2 aromatic carbocycles. The molecule has 1 amide bonds. The number of likely N-dealkylation sites (tertiary alicyclic amines) is 1. The average Bonchev–Trinajstić information content (AvgIpc) is 3.48. The van der Waals surface area contributed by atoms with Crippen LogP contribution in [-0.4, -0.2) is 62.9 Å². The van der Waals surface area contributed by atoms with Gasteiger partial charge >= 0.3 is 0 Å². The topological polar surface area (TPSA) is 97.1 Å². The number of hydrogen-bond acceptors (Lipinski definition) is 5. The number of amides is 1. The van der Waals surface area contributed by atoms with Crippen LogP contribution in [0, 0.1) is 19.7 Å². The Bertz CT molecular complexity index is 1670. The molecule has 6 rings (SSSR count). The number of piperidine rings is 1. The minimum atomic E-state index is -0.270. The van der Waals surface area contributed by atoms with Crippen molar-refractivity contribution in [1.29, 1.82) is 0 Å². The standard InChI is InChI=1S/C31H35FN6O2/c1-17-5-6-22(32)14-20(17)13-18(2)34-24-7-10-33-30(39)27(24)29-35-25-15-21-16-38(23-8-11-37(4)12-9-23)31(40)26(21)19(3)28(25)36-29/h5-7,10,14-15,18,23H,8-9,11-13,16H2,1-4H3,(H,35,36)(H2,33,34,39). The van der Waals surface area contributed by atoms with Gasteiger partial charge in [-0.25, -0.2) is 9.37 Å². The van der Waals surface area contributed by atoms with Crippen molar-refractivity contribution < 1.29 is 9.18 Å². The molecule has 2 aromatic heterocycles. The predicted octanol–water partition coefficient (Wildman–Crippen LogP) is 4.77. The Balaban J connectivity index is 1.30. The number of hydrogen-bond donors (Lipinski definition) is 3. The number of carbonyl (C=O) groups excluding carboxylic acids is 1. The second-order valence-corrected chi connectivity index (χ2v) is 11.4. The molecule has 2 aliphatic rings. The Labute approximate surface area is 232 Å². The van der Waals surface area contributed by atoms with E-state index >= 15 is 0 Å². The van der Waals surface area contributed by atoms with Gasteiger partial charge in [0, 0.05) is 30.4 Å². The molecular weight excluding hydrogens is 507 g/mol. The summed E-state index contributed by atoms with van der Waals surface area (Å²) >= 11 is 0. The molecule has 2 aliphatic heterocycles. The van der Waals surface area contributed by atoms with Crippen LogP contribution in [0.15, 0.2) is 41.3 Å². The lowest BCUT2D eigenvalue weighted by Gasteiger charge is -2.35. The lowest BCUT2D eigenvalue weighted by molar-refractivity contribution is 0.0616. The van der Waals surface area contributed by atoms with Crippen LogP contribution in [0.5, 0.6) is 0 Å². The highest BCUT2D eigenvalue weighted by atomic mass is 19.1. The molecule has 40 heavy (non-hydrogen) atoms. The van der Waals surface area contributed by atoms with Gasteiger partial charge in [-0.05, 0) is 107 Å². The zero-order valence-electron chi connectivity index (χ0n) is 23.4. The van der Waals surface area contributed by atoms with Crippen LogP contribution < -0.4 is 10.9 Å². The molecule has 9 heteroatoms. The number of rotatable bonds is 6. The number of aryl methyl sites for hydroxylation is 2. The Hall–Kier alpha value is -3.98. The summed E-state index contributed by atoms with van der Waals surface area (Å²) in [5, 5.41) is 3.43. The van der Waals surface area contributed by atoms with Gasteiger partial charge in [-0.1, -0.05) is 6.07 Å². The molecule has 0 spiro atoms. The lowest BCUT2D eigenvalue weighted by atomic mass is 10.0. The van der Waals surface area contributed by atoms with Gasteiger partial charge in [0.2, 0.25) is 0 Å². The number of anilines is 1. The molecule has 1 saturated heterocycles. The van der Waals surface area contributed by atoms with E-state index in [9.17, 15) is 14.0 Å². The van der Waals surface area contributed by atoms with Crippen LogP contribution in [0.25, 0.3) is 22.4 Å². The fourth-order valence-electron chi connectivity index (χ4n) is 6.26. The lowest BCUT2D eigenvalue weighted by Crippen LogP contribution is -2.43. The first-order valence-corrected chi connectivity index (χ1v) is 13.9. The van der Waals surface area contributed by atoms with Crippen LogP contribution in [0.3, 0.4) is 0 Å². The van der Waals surface area contributed by atoms with Crippen LogP contribution in [0.2, 0.25) is 0 Å². The molecule has 1 unspecified atom stereocenters. The Kier molecular flexibility index (Phi) is 6.70. The van der Waals surface area contributed by atoms with Crippen molar-refractivity contribution >= 4 is 22.6 Å². The number of nitrogens with zero attached hydrogens (tertiary/aromatic N) is 3. The van der Waals surface area contributed by atoms with Crippen LogP contribution in [0.1, 0.15) is 52.4 Å². The van der Waals surface area contributed by atoms with E-state index in [4.69, 9.17) is 4.98 Å². The molecule has 1 fully saturated rings. The van der Waals surface area contributed by atoms with E-state index < -0.39 is 0 Å². The number of fused-ring (bicyclic) bond motifs is 2. The van der Waals surface area contributed by atoms with E-state index in [0.717, 1.165) is 59.3 Å². The molecular formula is C31H35FN6O2. The highest BCUT2D eigenvalue weighted by Gasteiger charge is 2.36. The fourth-order valence-corrected chi connectivity index (χ4v) is 6.26. The molecule has 4 aromatic rings. The first-order chi connectivity index (χ1) is 19.2. The first kappa shape index (κ1) is 26.3. The minimum absolute atomic E-state index is 0.0702. The smallest absolute Gasteiger partial charge is 0.261 e. The SMILES string of the molecule is Cc1ccc(F)cc1CC(C)Nc1cc[nH]c(=O)c1-c1nc2c(C)c3c(cc2[nH]1)CN(C1CCN(C)CC1)C3=O. The Morgan fingerprint density at radius 2 is 1.90 bits per heavy atom. The number of halogens is 1. The van der Waals surface area contributed by atoms with Crippen molar-refractivity contribution in [2.75, 3.05) is 25.5 Å². The molecule has 0 radical (unpaired) electrons. The number of aromatic amines is 2. The van der Waals surface area contributed by atoms with E-state index in [2.05, 4.69) is 27.2 Å². The van der Waals surface area contributed by atoms with Crippen molar-refractivity contribution in [2.45, 2.75) is 58.7 Å². The van der Waals surface area contributed by atoms with Gasteiger partial charge < -0.3 is 25.1 Å². The summed E-state index contributed by atoms with van der Waals surface area (Å²) in [7, 11) is 2.12. The van der Waals surface area contributed by atoms with E-state index in [0.29, 0.717) is 35.6 Å². The molecule has 3 N–H and O–H groups in total. The van der Waals surface area contributed by atoms with Gasteiger partial charge in [-0.15, -0.1) is 0 Å². The quantitative estimate of drug-likeness (QED) is 0.326. The Morgan fingerprint density at radius 1 is 1.12 bits per heavy atom. The highest BCUT2D eigenvalue weighted by Crippen LogP contribution is 2.35. The number of pyridine rings is 1. The zero-order chi connectivity index (χ0) is 28.1. The van der Waals surface area contributed by atoms with Gasteiger partial charge in [-0.3, -0.25) is 9.59 Å². The van der Waals surface area contributed by atoms with Crippen molar-refractivity contribution in [3.63, 3.8) is 0 Å². The first-order valence-electron chi connectivity index (χ1n) is 13.9. The Morgan fingerprint density at radius 3 is 2.67 bits per heavy atom. The van der Waals surface area contributed by atoms with Gasteiger partial charge in [0.25, 0.3) is 11.5 Å². The molecule has 0 bridgehead atoms. The molecule has 208 valence electrons. The van der Waals surface area contributed by atoms with Gasteiger partial charge in [0.15, 0.2) is 0 Å². The number of aromatic nitrogens is 3. The maximum atomic E-state index is 13.8. The summed E-state index contributed by atoms with van der Waals surface area (Å²) in [5.74, 6) is 0.261. The van der Waals surface area contributed by atoms with Crippen molar-refractivity contribution in [1.82, 2.24) is 24.8 Å². The zero-order valence-corrected chi connectivity index (χ0v) is 23.4. The van der Waals surface area contributed by atoms with Gasteiger partial charge in [0.1, 0.15) is 17.2 Å². The summed E-state index contributed by atoms with van der Waals surface area (Å²) in [6.45, 7) is 8.51. The van der Waals surface area contributed by atoms with Crippen molar-refractivity contribution in [3.05, 3.63) is 80.5 Å². The van der Waals surface area contributed by atoms with Crippen LogP contribution in [-0.2, 0) is 13.0 Å². The third-order valence-electron chi connectivity index (χ3n) is 8.48. The number of H-pyrrole nitrogens is 2. The fraction of sp³-hybridized carbons (Fsp3) is 0.387. The molecule has 8 nitrogen and oxygen atoms in total. The number of benzene rings is 2. The monoisotopic (exact) mass is 542 g/mol. The normalized spacial score (nSPS) is 17.0. The van der Waals surface area contributed by atoms with E-state index in [1.54, 1.807) is 18.3 Å². The van der Waals surface area contributed by atoms with E-state index in [-0.39, 0.29) is 29.4 Å². The summed E-state index contributed by atoms with van der Waals surface area (Å²) in [4.78, 5) is 41.9. The number of carbonyl (C=O) groups is 1. The molecule has 0 saturated carbocycles. The maximum absolute atomic E-state index is 13.8. The number of nitrogens with one attached hydrogen (secondary N) is 3. The third-order valence-corrected chi connectivity index (χ3v) is 8.48. The van der Waals surface area contributed by atoms with E-state index in [1.165, 1.54) is 6.07 Å². The predicted molar refractivity (Wildman–Crippen MR) is 155 cm³/mol. The highest BCUT2D eigenvalue weighted by molar-refractivity contribution is 6.04. The average molecular weight is 543 g/mol. The summed E-state index contributed by atoms with van der Waals surface area (Å²) in [6.07, 6.45) is 4.17. The molecule has 4 heterocycles. The third kappa shape index (κ3) is 4.68. The maximum Gasteiger partial charge on any atom is 0.261 e. The van der Waals surface area contributed by atoms with E-state index in [1.807, 2.05) is 37.8 Å². The summed E-state index contributed by atoms with van der Waals surface area (Å²) in [5.41, 5.74) is 6.80. The van der Waals surface area contributed by atoms with Crippen molar-refractivity contribution in [2.24, 2.45) is 0 Å². The van der Waals surface area contributed by atoms with Gasteiger partial charge in [0.05, 0.1) is 16.7 Å². The second-order valence-electron chi connectivity index (χ2n) is 11.4. The second kappa shape index (κ2) is 10.2. The largest absolute Gasteiger partial charge is 0.381 e.